The van der Waals surface area contributed by atoms with Crippen molar-refractivity contribution in [1.82, 2.24) is 5.43 Å². The van der Waals surface area contributed by atoms with Crippen LogP contribution in [-0.4, -0.2) is 29.4 Å². The maximum absolute atomic E-state index is 11.8. The molecule has 0 aliphatic carbocycles. The zero-order chi connectivity index (χ0) is 16.1. The van der Waals surface area contributed by atoms with Gasteiger partial charge in [-0.15, -0.1) is 0 Å². The summed E-state index contributed by atoms with van der Waals surface area (Å²) >= 11 is 5.89. The summed E-state index contributed by atoms with van der Waals surface area (Å²) in [6, 6.07) is 8.99. The van der Waals surface area contributed by atoms with Crippen molar-refractivity contribution in [3.63, 3.8) is 0 Å². The molecule has 7 heteroatoms. The molecule has 2 aromatic carbocycles. The number of nitrogens with one attached hydrogen (secondary N) is 1. The molecule has 0 spiro atoms. The van der Waals surface area contributed by atoms with Gasteiger partial charge in [-0.3, -0.25) is 4.79 Å². The molecule has 2 aromatic rings. The summed E-state index contributed by atoms with van der Waals surface area (Å²) in [6.07, 6.45) is 1.22. The molecule has 3 N–H and O–H groups in total. The van der Waals surface area contributed by atoms with E-state index in [0.29, 0.717) is 5.02 Å². The Morgan fingerprint density at radius 2 is 2.05 bits per heavy atom. The lowest BCUT2D eigenvalue weighted by Crippen LogP contribution is -2.17. The van der Waals surface area contributed by atoms with Gasteiger partial charge in [-0.05, 0) is 18.2 Å². The van der Waals surface area contributed by atoms with Gasteiger partial charge in [0.15, 0.2) is 11.5 Å². The van der Waals surface area contributed by atoms with E-state index in [1.165, 1.54) is 37.6 Å². The highest BCUT2D eigenvalue weighted by atomic mass is 35.5. The van der Waals surface area contributed by atoms with Crippen LogP contribution in [0.25, 0.3) is 0 Å². The van der Waals surface area contributed by atoms with Crippen LogP contribution in [0.15, 0.2) is 41.5 Å². The van der Waals surface area contributed by atoms with Crippen molar-refractivity contribution in [1.29, 1.82) is 0 Å². The average molecular weight is 321 g/mol. The summed E-state index contributed by atoms with van der Waals surface area (Å²) in [5.74, 6) is -0.682. The van der Waals surface area contributed by atoms with E-state index in [9.17, 15) is 15.0 Å². The van der Waals surface area contributed by atoms with Crippen molar-refractivity contribution in [3.8, 4) is 17.2 Å². The average Bonchev–Trinajstić information content (AvgIpc) is 2.50. The van der Waals surface area contributed by atoms with Gasteiger partial charge in [-0.25, -0.2) is 5.43 Å². The Hall–Kier alpha value is -2.73. The van der Waals surface area contributed by atoms with Gasteiger partial charge < -0.3 is 14.9 Å². The lowest BCUT2D eigenvalue weighted by molar-refractivity contribution is 0.0952. The standard InChI is InChI=1S/C15H13ClN2O4/c1-22-13-7-10(16)6-9(14(13)20)8-17-18-15(21)11-4-2-3-5-12(11)19/h2-8,19-20H,1H3,(H,18,21)/b17-8-. The highest BCUT2D eigenvalue weighted by molar-refractivity contribution is 6.31. The lowest BCUT2D eigenvalue weighted by atomic mass is 10.2. The Balaban J connectivity index is 2.15. The van der Waals surface area contributed by atoms with Crippen LogP contribution >= 0.6 is 11.6 Å². The molecule has 0 saturated carbocycles. The van der Waals surface area contributed by atoms with Crippen LogP contribution in [0.4, 0.5) is 0 Å². The molecule has 114 valence electrons. The fraction of sp³-hybridized carbons (Fsp3) is 0.0667. The smallest absolute Gasteiger partial charge is 0.275 e. The predicted molar refractivity (Wildman–Crippen MR) is 82.8 cm³/mol. The summed E-state index contributed by atoms with van der Waals surface area (Å²) in [7, 11) is 1.40. The Morgan fingerprint density at radius 1 is 1.32 bits per heavy atom. The molecule has 0 aliphatic heterocycles. The number of aromatic hydroxyl groups is 2. The second kappa shape index (κ2) is 6.82. The van der Waals surface area contributed by atoms with Gasteiger partial charge in [-0.1, -0.05) is 23.7 Å². The van der Waals surface area contributed by atoms with E-state index in [1.54, 1.807) is 12.1 Å². The SMILES string of the molecule is COc1cc(Cl)cc(/C=N\NC(=O)c2ccccc2O)c1O. The number of rotatable bonds is 4. The van der Waals surface area contributed by atoms with Gasteiger partial charge in [0.2, 0.25) is 0 Å². The van der Waals surface area contributed by atoms with Crippen molar-refractivity contribution < 1.29 is 19.7 Å². The molecule has 0 aliphatic rings. The van der Waals surface area contributed by atoms with Crippen LogP contribution in [-0.2, 0) is 0 Å². The molecule has 0 saturated heterocycles. The van der Waals surface area contributed by atoms with Crippen LogP contribution in [0.1, 0.15) is 15.9 Å². The first-order valence-electron chi connectivity index (χ1n) is 6.21. The molecular weight excluding hydrogens is 308 g/mol. The first-order chi connectivity index (χ1) is 10.5. The number of hydrazone groups is 1. The Labute approximate surface area is 131 Å². The Morgan fingerprint density at radius 3 is 2.73 bits per heavy atom. The summed E-state index contributed by atoms with van der Waals surface area (Å²) < 4.78 is 4.96. The van der Waals surface area contributed by atoms with Crippen LogP contribution in [0.3, 0.4) is 0 Å². The summed E-state index contributed by atoms with van der Waals surface area (Å²) in [5, 5.41) is 23.5. The number of hydrogen-bond acceptors (Lipinski definition) is 5. The quantitative estimate of drug-likeness (QED) is 0.596. The van der Waals surface area contributed by atoms with E-state index < -0.39 is 5.91 Å². The fourth-order valence-electron chi connectivity index (χ4n) is 1.73. The summed E-state index contributed by atoms with van der Waals surface area (Å²) in [6.45, 7) is 0. The van der Waals surface area contributed by atoms with Gasteiger partial charge in [-0.2, -0.15) is 5.10 Å². The minimum absolute atomic E-state index is 0.0903. The Kier molecular flexibility index (Phi) is 4.85. The fourth-order valence-corrected chi connectivity index (χ4v) is 1.95. The van der Waals surface area contributed by atoms with Gasteiger partial charge >= 0.3 is 0 Å². The number of nitrogens with zero attached hydrogens (tertiary/aromatic N) is 1. The van der Waals surface area contributed by atoms with Crippen LogP contribution < -0.4 is 10.2 Å². The van der Waals surface area contributed by atoms with E-state index in [4.69, 9.17) is 16.3 Å². The third-order valence-electron chi connectivity index (χ3n) is 2.81. The molecule has 2 rings (SSSR count). The monoisotopic (exact) mass is 320 g/mol. The molecule has 22 heavy (non-hydrogen) atoms. The van der Waals surface area contributed by atoms with E-state index in [0.717, 1.165) is 0 Å². The molecule has 0 heterocycles. The second-order valence-corrected chi connectivity index (χ2v) is 4.70. The first-order valence-corrected chi connectivity index (χ1v) is 6.58. The number of amides is 1. The number of methoxy groups -OCH3 is 1. The highest BCUT2D eigenvalue weighted by Crippen LogP contribution is 2.32. The normalized spacial score (nSPS) is 10.6. The number of hydrogen-bond donors (Lipinski definition) is 3. The summed E-state index contributed by atoms with van der Waals surface area (Å²) in [5.41, 5.74) is 2.62. The third-order valence-corrected chi connectivity index (χ3v) is 3.03. The zero-order valence-corrected chi connectivity index (χ0v) is 12.3. The van der Waals surface area contributed by atoms with Crippen molar-refractivity contribution in [3.05, 3.63) is 52.5 Å². The summed E-state index contributed by atoms with van der Waals surface area (Å²) in [4.78, 5) is 11.8. The number of benzene rings is 2. The van der Waals surface area contributed by atoms with E-state index >= 15 is 0 Å². The molecular formula is C15H13ClN2O4. The molecule has 0 bridgehead atoms. The maximum atomic E-state index is 11.8. The maximum Gasteiger partial charge on any atom is 0.275 e. The topological polar surface area (TPSA) is 91.2 Å². The molecule has 6 nitrogen and oxygen atoms in total. The second-order valence-electron chi connectivity index (χ2n) is 4.26. The van der Waals surface area contributed by atoms with Gasteiger partial charge in [0.25, 0.3) is 5.91 Å². The molecule has 0 radical (unpaired) electrons. The number of para-hydroxylation sites is 1. The van der Waals surface area contributed by atoms with Gasteiger partial charge in [0.1, 0.15) is 5.75 Å². The number of carbonyl (C=O) groups is 1. The molecule has 0 unspecified atom stereocenters. The highest BCUT2D eigenvalue weighted by Gasteiger charge is 2.10. The third kappa shape index (κ3) is 3.48. The lowest BCUT2D eigenvalue weighted by Gasteiger charge is -2.06. The number of ether oxygens (including phenoxy) is 1. The molecule has 0 atom stereocenters. The largest absolute Gasteiger partial charge is 0.507 e. The molecule has 1 amide bonds. The van der Waals surface area contributed by atoms with Gasteiger partial charge in [0, 0.05) is 16.7 Å². The number of phenolic OH excluding ortho intramolecular Hbond substituents is 2. The first kappa shape index (κ1) is 15.7. The molecule has 0 aromatic heterocycles. The number of phenols is 2. The van der Waals surface area contributed by atoms with Gasteiger partial charge in [0.05, 0.1) is 18.9 Å². The Bertz CT molecular complexity index is 731. The molecule has 0 fully saturated rings. The van der Waals surface area contributed by atoms with E-state index in [2.05, 4.69) is 10.5 Å². The minimum atomic E-state index is -0.581. The zero-order valence-electron chi connectivity index (χ0n) is 11.6. The predicted octanol–water partition coefficient (Wildman–Crippen LogP) is 2.52. The van der Waals surface area contributed by atoms with Crippen molar-refractivity contribution >= 4 is 23.7 Å². The van der Waals surface area contributed by atoms with Crippen LogP contribution in [0.5, 0.6) is 17.2 Å². The van der Waals surface area contributed by atoms with Crippen LogP contribution in [0, 0.1) is 0 Å². The van der Waals surface area contributed by atoms with Crippen molar-refractivity contribution in [2.75, 3.05) is 7.11 Å². The number of halogens is 1. The van der Waals surface area contributed by atoms with E-state index in [1.807, 2.05) is 0 Å². The minimum Gasteiger partial charge on any atom is -0.507 e. The van der Waals surface area contributed by atoms with Crippen LogP contribution in [0.2, 0.25) is 5.02 Å². The van der Waals surface area contributed by atoms with E-state index in [-0.39, 0.29) is 28.4 Å². The number of carbonyl (C=O) groups excluding carboxylic acids is 1. The van der Waals surface area contributed by atoms with Crippen molar-refractivity contribution in [2.24, 2.45) is 5.10 Å². The van der Waals surface area contributed by atoms with Crippen molar-refractivity contribution in [2.45, 2.75) is 0 Å².